The van der Waals surface area contributed by atoms with E-state index in [9.17, 15) is 14.6 Å². The van der Waals surface area contributed by atoms with Crippen LogP contribution in [0.5, 0.6) is 11.5 Å². The van der Waals surface area contributed by atoms with Crippen molar-refractivity contribution < 1.29 is 14.6 Å². The van der Waals surface area contributed by atoms with E-state index in [1.165, 1.54) is 17.4 Å². The molecule has 0 spiro atoms. The Labute approximate surface area is 94.2 Å². The van der Waals surface area contributed by atoms with Crippen LogP contribution in [0.2, 0.25) is 0 Å². The molecule has 1 heterocycles. The number of halogens is 1. The molecule has 0 saturated carbocycles. The molecular formula is C12H7FO2S. The van der Waals surface area contributed by atoms with E-state index in [1.807, 2.05) is 0 Å². The summed E-state index contributed by atoms with van der Waals surface area (Å²) in [4.78, 5) is 0. The number of phenols is 2. The zero-order valence-electron chi connectivity index (χ0n) is 8.07. The molecule has 0 aliphatic rings. The molecule has 0 unspecified atom stereocenters. The van der Waals surface area contributed by atoms with Gasteiger partial charge in [0.25, 0.3) is 0 Å². The van der Waals surface area contributed by atoms with Crippen molar-refractivity contribution in [2.75, 3.05) is 0 Å². The lowest BCUT2D eigenvalue weighted by molar-refractivity contribution is 0.436. The van der Waals surface area contributed by atoms with Crippen LogP contribution in [0.4, 0.5) is 4.39 Å². The predicted octanol–water partition coefficient (Wildman–Crippen LogP) is 3.60. The number of phenolic OH excluding ortho intramolecular Hbond substituents is 2. The smallest absolute Gasteiger partial charge is 0.182 e. The molecule has 2 aromatic carbocycles. The third-order valence-corrected chi connectivity index (χ3v) is 3.71. The second-order valence-electron chi connectivity index (χ2n) is 3.56. The monoisotopic (exact) mass is 234 g/mol. The van der Waals surface area contributed by atoms with Gasteiger partial charge < -0.3 is 10.2 Å². The van der Waals surface area contributed by atoms with E-state index < -0.39 is 5.82 Å². The predicted molar refractivity (Wildman–Crippen MR) is 62.6 cm³/mol. The van der Waals surface area contributed by atoms with Crippen LogP contribution in [0.1, 0.15) is 0 Å². The second-order valence-corrected chi connectivity index (χ2v) is 4.61. The van der Waals surface area contributed by atoms with Gasteiger partial charge in [-0.2, -0.15) is 0 Å². The molecule has 2 nitrogen and oxygen atoms in total. The highest BCUT2D eigenvalue weighted by atomic mass is 32.1. The lowest BCUT2D eigenvalue weighted by Crippen LogP contribution is -1.75. The van der Waals surface area contributed by atoms with Gasteiger partial charge in [0.2, 0.25) is 0 Å². The number of rotatable bonds is 0. The first kappa shape index (κ1) is 9.42. The minimum atomic E-state index is -0.599. The molecular weight excluding hydrogens is 227 g/mol. The highest BCUT2D eigenvalue weighted by Crippen LogP contribution is 2.39. The van der Waals surface area contributed by atoms with E-state index in [0.29, 0.717) is 4.70 Å². The molecule has 4 heteroatoms. The fraction of sp³-hybridized carbons (Fsp3) is 0. The van der Waals surface area contributed by atoms with Gasteiger partial charge in [0.1, 0.15) is 5.75 Å². The molecule has 0 radical (unpaired) electrons. The number of thiophene rings is 1. The summed E-state index contributed by atoms with van der Waals surface area (Å²) in [6, 6.07) is 7.94. The number of aromatic hydroxyl groups is 2. The zero-order valence-corrected chi connectivity index (χ0v) is 8.88. The molecule has 0 bridgehead atoms. The Balaban J connectivity index is 2.55. The number of hydrogen-bond donors (Lipinski definition) is 2. The minimum absolute atomic E-state index is 0.156. The van der Waals surface area contributed by atoms with E-state index in [4.69, 9.17) is 0 Å². The third kappa shape index (κ3) is 1.17. The van der Waals surface area contributed by atoms with Gasteiger partial charge in [0.15, 0.2) is 11.6 Å². The standard InChI is InChI=1S/C12H7FO2S/c13-11-9(15)4-3-8-7-2-1-6(14)5-10(7)16-12(8)11/h1-5,14-15H. The van der Waals surface area contributed by atoms with Crippen molar-refractivity contribution in [3.8, 4) is 11.5 Å². The molecule has 3 rings (SSSR count). The Morgan fingerprint density at radius 3 is 2.56 bits per heavy atom. The normalized spacial score (nSPS) is 11.3. The van der Waals surface area contributed by atoms with Crippen LogP contribution in [0.15, 0.2) is 30.3 Å². The Morgan fingerprint density at radius 2 is 1.75 bits per heavy atom. The van der Waals surface area contributed by atoms with Gasteiger partial charge in [-0.25, -0.2) is 4.39 Å². The minimum Gasteiger partial charge on any atom is -0.508 e. The van der Waals surface area contributed by atoms with Gasteiger partial charge in [-0.3, -0.25) is 0 Å². The summed E-state index contributed by atoms with van der Waals surface area (Å²) in [6.45, 7) is 0. The summed E-state index contributed by atoms with van der Waals surface area (Å²) in [5.74, 6) is -0.787. The van der Waals surface area contributed by atoms with Crippen molar-refractivity contribution in [2.24, 2.45) is 0 Å². The zero-order chi connectivity index (χ0) is 11.3. The van der Waals surface area contributed by atoms with Crippen molar-refractivity contribution in [1.29, 1.82) is 0 Å². The lowest BCUT2D eigenvalue weighted by Gasteiger charge is -1.95. The maximum Gasteiger partial charge on any atom is 0.182 e. The molecule has 2 N–H and O–H groups in total. The summed E-state index contributed by atoms with van der Waals surface area (Å²) >= 11 is 1.22. The molecule has 0 fully saturated rings. The van der Waals surface area contributed by atoms with Crippen molar-refractivity contribution in [2.45, 2.75) is 0 Å². The Bertz CT molecular complexity index is 703. The summed E-state index contributed by atoms with van der Waals surface area (Å²) in [7, 11) is 0. The van der Waals surface area contributed by atoms with E-state index in [1.54, 1.807) is 24.3 Å². The number of hydrogen-bond acceptors (Lipinski definition) is 3. The number of fused-ring (bicyclic) bond motifs is 3. The molecule has 1 aromatic heterocycles. The average molecular weight is 234 g/mol. The van der Waals surface area contributed by atoms with Gasteiger partial charge in [-0.05, 0) is 30.3 Å². The summed E-state index contributed by atoms with van der Waals surface area (Å²) < 4.78 is 14.9. The lowest BCUT2D eigenvalue weighted by atomic mass is 10.1. The van der Waals surface area contributed by atoms with E-state index in [-0.39, 0.29) is 11.5 Å². The summed E-state index contributed by atoms with van der Waals surface area (Å²) in [5.41, 5.74) is 0. The van der Waals surface area contributed by atoms with Crippen LogP contribution in [-0.2, 0) is 0 Å². The first-order valence-corrected chi connectivity index (χ1v) is 5.51. The second kappa shape index (κ2) is 3.09. The Kier molecular flexibility index (Phi) is 1.82. The molecule has 3 aromatic rings. The molecule has 0 aliphatic carbocycles. The van der Waals surface area contributed by atoms with E-state index in [0.717, 1.165) is 15.5 Å². The van der Waals surface area contributed by atoms with Crippen LogP contribution in [-0.4, -0.2) is 10.2 Å². The first-order chi connectivity index (χ1) is 7.66. The van der Waals surface area contributed by atoms with Crippen molar-refractivity contribution in [3.63, 3.8) is 0 Å². The molecule has 0 saturated heterocycles. The maximum absolute atomic E-state index is 13.6. The van der Waals surface area contributed by atoms with Crippen LogP contribution >= 0.6 is 11.3 Å². The van der Waals surface area contributed by atoms with Crippen molar-refractivity contribution in [1.82, 2.24) is 0 Å². The topological polar surface area (TPSA) is 40.5 Å². The summed E-state index contributed by atoms with van der Waals surface area (Å²) in [5, 5.41) is 20.3. The van der Waals surface area contributed by atoms with Gasteiger partial charge in [-0.1, -0.05) is 0 Å². The van der Waals surface area contributed by atoms with Crippen LogP contribution < -0.4 is 0 Å². The van der Waals surface area contributed by atoms with Crippen molar-refractivity contribution >= 4 is 31.5 Å². The largest absolute Gasteiger partial charge is 0.508 e. The van der Waals surface area contributed by atoms with Gasteiger partial charge in [0, 0.05) is 15.5 Å². The van der Waals surface area contributed by atoms with Crippen LogP contribution in [0.25, 0.3) is 20.2 Å². The third-order valence-electron chi connectivity index (χ3n) is 2.54. The van der Waals surface area contributed by atoms with Gasteiger partial charge >= 0.3 is 0 Å². The molecule has 0 atom stereocenters. The Hall–Kier alpha value is -1.81. The first-order valence-electron chi connectivity index (χ1n) is 4.69. The van der Waals surface area contributed by atoms with E-state index in [2.05, 4.69) is 0 Å². The average Bonchev–Trinajstić information content (AvgIpc) is 2.62. The highest BCUT2D eigenvalue weighted by Gasteiger charge is 2.12. The quantitative estimate of drug-likeness (QED) is 0.623. The van der Waals surface area contributed by atoms with Gasteiger partial charge in [0.05, 0.1) is 4.70 Å². The SMILES string of the molecule is Oc1ccc2c(c1)sc1c(F)c(O)ccc12. The Morgan fingerprint density at radius 1 is 1.00 bits per heavy atom. The fourth-order valence-corrected chi connectivity index (χ4v) is 2.96. The number of benzene rings is 2. The van der Waals surface area contributed by atoms with Crippen LogP contribution in [0.3, 0.4) is 0 Å². The maximum atomic E-state index is 13.6. The molecule has 16 heavy (non-hydrogen) atoms. The van der Waals surface area contributed by atoms with E-state index >= 15 is 0 Å². The summed E-state index contributed by atoms with van der Waals surface area (Å²) in [6.07, 6.45) is 0. The fourth-order valence-electron chi connectivity index (χ4n) is 1.79. The highest BCUT2D eigenvalue weighted by molar-refractivity contribution is 7.25. The molecule has 80 valence electrons. The van der Waals surface area contributed by atoms with Gasteiger partial charge in [-0.15, -0.1) is 11.3 Å². The van der Waals surface area contributed by atoms with Crippen LogP contribution in [0, 0.1) is 5.82 Å². The molecule has 0 amide bonds. The van der Waals surface area contributed by atoms with Crippen molar-refractivity contribution in [3.05, 3.63) is 36.1 Å². The molecule has 0 aliphatic heterocycles.